The van der Waals surface area contributed by atoms with Crippen molar-refractivity contribution in [3.05, 3.63) is 29.8 Å². The standard InChI is InChI=1S/C17H24O2/c1-19-16-9-5-7-15(13-16)8-6-12-17(14-18)10-3-2-4-11-17/h5,7,9,13-14H,2-4,6,8,10-12H2,1H3. The number of methoxy groups -OCH3 is 1. The number of aldehydes is 1. The van der Waals surface area contributed by atoms with Crippen LogP contribution in [0.5, 0.6) is 5.75 Å². The second kappa shape index (κ2) is 6.74. The van der Waals surface area contributed by atoms with Crippen molar-refractivity contribution in [2.45, 2.75) is 51.4 Å². The highest BCUT2D eigenvalue weighted by molar-refractivity contribution is 5.59. The van der Waals surface area contributed by atoms with Gasteiger partial charge < -0.3 is 9.53 Å². The Bertz CT molecular complexity index is 405. The van der Waals surface area contributed by atoms with E-state index < -0.39 is 0 Å². The number of aryl methyl sites for hydroxylation is 1. The summed E-state index contributed by atoms with van der Waals surface area (Å²) < 4.78 is 5.24. The smallest absolute Gasteiger partial charge is 0.126 e. The number of ether oxygens (including phenoxy) is 1. The summed E-state index contributed by atoms with van der Waals surface area (Å²) in [7, 11) is 1.70. The molecule has 0 aliphatic heterocycles. The molecule has 0 unspecified atom stereocenters. The third-order valence-electron chi connectivity index (χ3n) is 4.37. The number of rotatable bonds is 6. The number of carbonyl (C=O) groups is 1. The Morgan fingerprint density at radius 1 is 1.26 bits per heavy atom. The molecular formula is C17H24O2. The quantitative estimate of drug-likeness (QED) is 0.718. The molecule has 0 bridgehead atoms. The van der Waals surface area contributed by atoms with E-state index in [-0.39, 0.29) is 5.41 Å². The van der Waals surface area contributed by atoms with Gasteiger partial charge in [0, 0.05) is 5.41 Å². The molecule has 2 heteroatoms. The molecule has 0 aromatic heterocycles. The Morgan fingerprint density at radius 3 is 2.74 bits per heavy atom. The highest BCUT2D eigenvalue weighted by Crippen LogP contribution is 2.38. The Hall–Kier alpha value is -1.31. The van der Waals surface area contributed by atoms with Crippen molar-refractivity contribution in [2.24, 2.45) is 5.41 Å². The van der Waals surface area contributed by atoms with E-state index in [1.807, 2.05) is 12.1 Å². The van der Waals surface area contributed by atoms with Crippen LogP contribution in [0.4, 0.5) is 0 Å². The monoisotopic (exact) mass is 260 g/mol. The van der Waals surface area contributed by atoms with Gasteiger partial charge in [-0.25, -0.2) is 0 Å². The van der Waals surface area contributed by atoms with E-state index in [9.17, 15) is 4.79 Å². The molecule has 0 amide bonds. The Kier molecular flexibility index (Phi) is 5.00. The lowest BCUT2D eigenvalue weighted by molar-refractivity contribution is -0.118. The first-order valence-electron chi connectivity index (χ1n) is 7.37. The first-order valence-corrected chi connectivity index (χ1v) is 7.37. The molecule has 2 rings (SSSR count). The number of hydrogen-bond donors (Lipinski definition) is 0. The predicted molar refractivity (Wildman–Crippen MR) is 77.5 cm³/mol. The zero-order valence-electron chi connectivity index (χ0n) is 11.9. The van der Waals surface area contributed by atoms with Gasteiger partial charge in [-0.3, -0.25) is 0 Å². The predicted octanol–water partition coefficient (Wildman–Crippen LogP) is 4.17. The fraction of sp³-hybridized carbons (Fsp3) is 0.588. The van der Waals surface area contributed by atoms with Gasteiger partial charge in [0.25, 0.3) is 0 Å². The van der Waals surface area contributed by atoms with E-state index in [1.54, 1.807) is 7.11 Å². The summed E-state index contributed by atoms with van der Waals surface area (Å²) in [6, 6.07) is 8.23. The number of hydrogen-bond acceptors (Lipinski definition) is 2. The second-order valence-electron chi connectivity index (χ2n) is 5.75. The first kappa shape index (κ1) is 14.1. The summed E-state index contributed by atoms with van der Waals surface area (Å²) in [5.74, 6) is 0.917. The van der Waals surface area contributed by atoms with E-state index in [2.05, 4.69) is 12.1 Å². The maximum Gasteiger partial charge on any atom is 0.126 e. The molecule has 0 radical (unpaired) electrons. The van der Waals surface area contributed by atoms with Crippen LogP contribution in [0.15, 0.2) is 24.3 Å². The summed E-state index contributed by atoms with van der Waals surface area (Å²) >= 11 is 0. The van der Waals surface area contributed by atoms with Gasteiger partial charge in [0.05, 0.1) is 7.11 Å². The zero-order valence-corrected chi connectivity index (χ0v) is 11.9. The molecule has 0 heterocycles. The first-order chi connectivity index (χ1) is 9.28. The average Bonchev–Trinajstić information content (AvgIpc) is 2.48. The molecule has 19 heavy (non-hydrogen) atoms. The zero-order chi connectivity index (χ0) is 13.6. The molecule has 0 spiro atoms. The van der Waals surface area contributed by atoms with Gasteiger partial charge in [-0.1, -0.05) is 31.4 Å². The van der Waals surface area contributed by atoms with E-state index in [4.69, 9.17) is 4.74 Å². The summed E-state index contributed by atoms with van der Waals surface area (Å²) in [6.45, 7) is 0. The van der Waals surface area contributed by atoms with Crippen molar-refractivity contribution in [1.82, 2.24) is 0 Å². The molecule has 0 N–H and O–H groups in total. The summed E-state index contributed by atoms with van der Waals surface area (Å²) in [4.78, 5) is 11.4. The van der Waals surface area contributed by atoms with Gasteiger partial charge in [-0.05, 0) is 49.8 Å². The molecule has 1 saturated carbocycles. The van der Waals surface area contributed by atoms with Crippen LogP contribution in [0.1, 0.15) is 50.5 Å². The molecule has 1 aliphatic rings. The molecule has 0 saturated heterocycles. The number of benzene rings is 1. The Morgan fingerprint density at radius 2 is 2.05 bits per heavy atom. The molecule has 1 aromatic carbocycles. The number of carbonyl (C=O) groups excluding carboxylic acids is 1. The highest BCUT2D eigenvalue weighted by Gasteiger charge is 2.30. The third kappa shape index (κ3) is 3.82. The molecule has 1 fully saturated rings. The molecular weight excluding hydrogens is 236 g/mol. The normalized spacial score (nSPS) is 17.9. The highest BCUT2D eigenvalue weighted by atomic mass is 16.5. The molecule has 104 valence electrons. The lowest BCUT2D eigenvalue weighted by Crippen LogP contribution is -2.25. The molecule has 2 nitrogen and oxygen atoms in total. The van der Waals surface area contributed by atoms with E-state index in [0.717, 1.165) is 37.9 Å². The van der Waals surface area contributed by atoms with Crippen molar-refractivity contribution in [2.75, 3.05) is 7.11 Å². The SMILES string of the molecule is COc1cccc(CCCC2(C=O)CCCCC2)c1. The van der Waals surface area contributed by atoms with Gasteiger partial charge in [-0.15, -0.1) is 0 Å². The van der Waals surface area contributed by atoms with Crippen LogP contribution in [0.2, 0.25) is 0 Å². The minimum Gasteiger partial charge on any atom is -0.497 e. The topological polar surface area (TPSA) is 26.3 Å². The van der Waals surface area contributed by atoms with Crippen LogP contribution in [0.3, 0.4) is 0 Å². The van der Waals surface area contributed by atoms with Crippen molar-refractivity contribution >= 4 is 6.29 Å². The minimum absolute atomic E-state index is 0.0167. The largest absolute Gasteiger partial charge is 0.497 e. The summed E-state index contributed by atoms with van der Waals surface area (Å²) in [5.41, 5.74) is 1.29. The fourth-order valence-corrected chi connectivity index (χ4v) is 3.16. The average molecular weight is 260 g/mol. The van der Waals surface area contributed by atoms with Gasteiger partial charge >= 0.3 is 0 Å². The third-order valence-corrected chi connectivity index (χ3v) is 4.37. The second-order valence-corrected chi connectivity index (χ2v) is 5.75. The van der Waals surface area contributed by atoms with Crippen LogP contribution < -0.4 is 4.74 Å². The fourth-order valence-electron chi connectivity index (χ4n) is 3.16. The minimum atomic E-state index is -0.0167. The van der Waals surface area contributed by atoms with Crippen LogP contribution >= 0.6 is 0 Å². The van der Waals surface area contributed by atoms with E-state index in [0.29, 0.717) is 0 Å². The van der Waals surface area contributed by atoms with Crippen molar-refractivity contribution < 1.29 is 9.53 Å². The van der Waals surface area contributed by atoms with Gasteiger partial charge in [0.1, 0.15) is 12.0 Å². The van der Waals surface area contributed by atoms with Crippen LogP contribution in [-0.2, 0) is 11.2 Å². The van der Waals surface area contributed by atoms with Crippen LogP contribution in [-0.4, -0.2) is 13.4 Å². The summed E-state index contributed by atoms with van der Waals surface area (Å²) in [6.07, 6.45) is 10.3. The molecule has 1 aromatic rings. The van der Waals surface area contributed by atoms with Crippen molar-refractivity contribution in [3.8, 4) is 5.75 Å². The Labute approximate surface area is 116 Å². The molecule has 0 atom stereocenters. The Balaban J connectivity index is 1.86. The van der Waals surface area contributed by atoms with Crippen molar-refractivity contribution in [3.63, 3.8) is 0 Å². The maximum absolute atomic E-state index is 11.4. The van der Waals surface area contributed by atoms with E-state index in [1.165, 1.54) is 31.1 Å². The van der Waals surface area contributed by atoms with Gasteiger partial charge in [0.15, 0.2) is 0 Å². The van der Waals surface area contributed by atoms with E-state index >= 15 is 0 Å². The van der Waals surface area contributed by atoms with Gasteiger partial charge in [0.2, 0.25) is 0 Å². The lowest BCUT2D eigenvalue weighted by atomic mass is 9.72. The molecule has 1 aliphatic carbocycles. The lowest BCUT2D eigenvalue weighted by Gasteiger charge is -2.32. The maximum atomic E-state index is 11.4. The summed E-state index contributed by atoms with van der Waals surface area (Å²) in [5, 5.41) is 0. The van der Waals surface area contributed by atoms with Crippen LogP contribution in [0, 0.1) is 5.41 Å². The van der Waals surface area contributed by atoms with Crippen LogP contribution in [0.25, 0.3) is 0 Å². The van der Waals surface area contributed by atoms with Gasteiger partial charge in [-0.2, -0.15) is 0 Å². The van der Waals surface area contributed by atoms with Crippen molar-refractivity contribution in [1.29, 1.82) is 0 Å².